The van der Waals surface area contributed by atoms with E-state index in [0.717, 1.165) is 32.7 Å². The molecule has 1 aromatic carbocycles. The molecule has 1 aliphatic heterocycles. The monoisotopic (exact) mass is 392 g/mol. The number of fused-ring (bicyclic) bond motifs is 1. The molecular formula is C14H31Cl3N4O2. The number of quaternary nitrogens is 3. The van der Waals surface area contributed by atoms with Gasteiger partial charge in [-0.3, -0.25) is 0 Å². The Morgan fingerprint density at radius 2 is 1.09 bits per heavy atom. The van der Waals surface area contributed by atoms with Crippen LogP contribution < -0.4 is 58.5 Å². The van der Waals surface area contributed by atoms with Crippen molar-refractivity contribution in [2.24, 2.45) is 0 Å². The van der Waals surface area contributed by atoms with Gasteiger partial charge in [-0.05, 0) is 0 Å². The topological polar surface area (TPSA) is 125 Å². The number of hydrogen-bond acceptors (Lipinski definition) is 1. The van der Waals surface area contributed by atoms with Gasteiger partial charge in [0.15, 0.2) is 0 Å². The van der Waals surface area contributed by atoms with E-state index in [1.807, 2.05) is 0 Å². The molecule has 0 bridgehead atoms. The second-order valence-corrected chi connectivity index (χ2v) is 4.95. The molecule has 11 N–H and O–H groups in total. The fraction of sp³-hybridized carbons (Fsp3) is 0.571. The van der Waals surface area contributed by atoms with Gasteiger partial charge in [0.25, 0.3) is 0 Å². The molecule has 0 atom stereocenters. The molecule has 0 radical (unpaired) electrons. The molecule has 0 aliphatic carbocycles. The highest BCUT2D eigenvalue weighted by Gasteiger charge is 2.06. The van der Waals surface area contributed by atoms with Crippen LogP contribution >= 0.6 is 0 Å². The lowest BCUT2D eigenvalue weighted by Crippen LogP contribution is -3.00. The third-order valence-corrected chi connectivity index (χ3v) is 3.47. The maximum Gasteiger partial charge on any atom is 0.125 e. The Kier molecular flexibility index (Phi) is 26.6. The number of hydrogen-bond donors (Lipinski definition) is 4. The Morgan fingerprint density at radius 3 is 1.65 bits per heavy atom. The maximum absolute atomic E-state index is 3.49. The van der Waals surface area contributed by atoms with E-state index in [0.29, 0.717) is 0 Å². The van der Waals surface area contributed by atoms with Crippen LogP contribution in [0.1, 0.15) is 11.1 Å². The average molecular weight is 394 g/mol. The van der Waals surface area contributed by atoms with Gasteiger partial charge in [-0.15, -0.1) is 0 Å². The molecule has 0 saturated heterocycles. The summed E-state index contributed by atoms with van der Waals surface area (Å²) in [5, 5.41) is 10.7. The largest absolute Gasteiger partial charge is 1.00 e. The van der Waals surface area contributed by atoms with Crippen molar-refractivity contribution >= 4 is 0 Å². The summed E-state index contributed by atoms with van der Waals surface area (Å²) in [5.41, 5.74) is 2.99. The molecule has 1 heterocycles. The van der Waals surface area contributed by atoms with E-state index in [1.54, 1.807) is 0 Å². The second-order valence-electron chi connectivity index (χ2n) is 4.95. The van der Waals surface area contributed by atoms with Gasteiger partial charge in [0.05, 0.1) is 13.1 Å². The van der Waals surface area contributed by atoms with Crippen LogP contribution in [0, 0.1) is 0 Å². The smallest absolute Gasteiger partial charge is 0.125 e. The van der Waals surface area contributed by atoms with Crippen molar-refractivity contribution in [1.82, 2.24) is 5.32 Å². The van der Waals surface area contributed by atoms with E-state index in [-0.39, 0.29) is 48.2 Å². The third kappa shape index (κ3) is 12.9. The molecule has 0 unspecified atom stereocenters. The summed E-state index contributed by atoms with van der Waals surface area (Å²) in [4.78, 5) is 0. The molecule has 1 aromatic rings. The Hall–Kier alpha value is -0.150. The first-order chi connectivity index (χ1) is 8.97. The standard InChI is InChI=1S/C14H24N4.3ClH.2H2O/c1-2-4-14-12-18-10-8-16-6-5-15-7-9-17-11-13(14)3-1;;;;;/h1-4,15-18H,5-12H2;3*1H;2*1H2. The van der Waals surface area contributed by atoms with E-state index in [4.69, 9.17) is 0 Å². The number of benzene rings is 1. The van der Waals surface area contributed by atoms with E-state index in [1.165, 1.54) is 30.8 Å². The van der Waals surface area contributed by atoms with Crippen LogP contribution in [0.2, 0.25) is 0 Å². The minimum Gasteiger partial charge on any atom is -1.00 e. The zero-order valence-corrected chi connectivity index (χ0v) is 15.6. The molecule has 9 heteroatoms. The summed E-state index contributed by atoms with van der Waals surface area (Å²) in [7, 11) is 0. The molecule has 6 nitrogen and oxygen atoms in total. The highest BCUT2D eigenvalue weighted by Crippen LogP contribution is 2.05. The number of nitrogens with one attached hydrogen (secondary N) is 1. The third-order valence-electron chi connectivity index (χ3n) is 3.47. The molecule has 0 fully saturated rings. The van der Waals surface area contributed by atoms with E-state index in [2.05, 4.69) is 45.5 Å². The van der Waals surface area contributed by atoms with Gasteiger partial charge in [-0.25, -0.2) is 0 Å². The van der Waals surface area contributed by atoms with Gasteiger partial charge >= 0.3 is 0 Å². The van der Waals surface area contributed by atoms with Crippen LogP contribution in [0.3, 0.4) is 0 Å². The van der Waals surface area contributed by atoms with Gasteiger partial charge in [0.2, 0.25) is 0 Å². The lowest BCUT2D eigenvalue weighted by Gasteiger charge is -2.10. The van der Waals surface area contributed by atoms with Crippen LogP contribution in [0.15, 0.2) is 24.3 Å². The minimum atomic E-state index is 0. The normalized spacial score (nSPS) is 15.5. The van der Waals surface area contributed by atoms with Crippen molar-refractivity contribution in [1.29, 1.82) is 0 Å². The fourth-order valence-electron chi connectivity index (χ4n) is 2.38. The molecule has 0 amide bonds. The summed E-state index contributed by atoms with van der Waals surface area (Å²) in [6.07, 6.45) is 0. The highest BCUT2D eigenvalue weighted by atomic mass is 35.5. The van der Waals surface area contributed by atoms with Gasteiger partial charge in [0, 0.05) is 24.2 Å². The summed E-state index contributed by atoms with van der Waals surface area (Å²) < 4.78 is 0. The number of halogens is 3. The first kappa shape index (κ1) is 30.7. The Morgan fingerprint density at radius 1 is 0.652 bits per heavy atom. The van der Waals surface area contributed by atoms with Gasteiger partial charge in [0.1, 0.15) is 26.2 Å². The zero-order valence-electron chi connectivity index (χ0n) is 13.3. The molecule has 0 saturated carbocycles. The molecular weight excluding hydrogens is 363 g/mol. The Labute approximate surface area is 157 Å². The molecule has 23 heavy (non-hydrogen) atoms. The first-order valence-corrected chi connectivity index (χ1v) is 7.19. The predicted octanol–water partition coefficient (Wildman–Crippen LogP) is -13.7. The summed E-state index contributed by atoms with van der Waals surface area (Å²) in [5.74, 6) is 0. The minimum absolute atomic E-state index is 0. The molecule has 140 valence electrons. The zero-order chi connectivity index (χ0) is 12.5. The Balaban J connectivity index is -0.000000361. The van der Waals surface area contributed by atoms with Crippen LogP contribution in [-0.2, 0) is 13.1 Å². The Bertz CT molecular complexity index is 330. The van der Waals surface area contributed by atoms with Gasteiger partial charge < -0.3 is 69.4 Å². The molecule has 0 aromatic heterocycles. The quantitative estimate of drug-likeness (QED) is 0.343. The van der Waals surface area contributed by atoms with E-state index >= 15 is 0 Å². The first-order valence-electron chi connectivity index (χ1n) is 7.19. The predicted molar refractivity (Wildman–Crippen MR) is 79.2 cm³/mol. The average Bonchev–Trinajstić information content (AvgIpc) is 2.41. The van der Waals surface area contributed by atoms with Gasteiger partial charge in [-0.1, -0.05) is 24.3 Å². The summed E-state index contributed by atoms with van der Waals surface area (Å²) in [6, 6.07) is 8.85. The van der Waals surface area contributed by atoms with Crippen LogP contribution in [0.4, 0.5) is 0 Å². The summed E-state index contributed by atoms with van der Waals surface area (Å²) in [6.45, 7) is 9.26. The maximum atomic E-state index is 3.49. The van der Waals surface area contributed by atoms with E-state index < -0.39 is 0 Å². The SMILES string of the molecule is O.O.[Cl-].[Cl-].[Cl-].c1ccc2c(c1)C[NH2+]CCNCC[NH2+]CC[NH2+]C2. The van der Waals surface area contributed by atoms with Crippen molar-refractivity contribution in [3.05, 3.63) is 35.4 Å². The molecule has 1 aliphatic rings. The second kappa shape index (κ2) is 19.9. The molecule has 0 spiro atoms. The number of nitrogens with two attached hydrogens (primary N) is 3. The van der Waals surface area contributed by atoms with Gasteiger partial charge in [-0.2, -0.15) is 0 Å². The lowest BCUT2D eigenvalue weighted by molar-refractivity contribution is -0.730. The van der Waals surface area contributed by atoms with Crippen molar-refractivity contribution in [3.63, 3.8) is 0 Å². The van der Waals surface area contributed by atoms with Crippen LogP contribution in [-0.4, -0.2) is 50.2 Å². The van der Waals surface area contributed by atoms with Crippen LogP contribution in [0.5, 0.6) is 0 Å². The van der Waals surface area contributed by atoms with Crippen molar-refractivity contribution in [3.8, 4) is 0 Å². The van der Waals surface area contributed by atoms with E-state index in [9.17, 15) is 0 Å². The fourth-order valence-corrected chi connectivity index (χ4v) is 2.38. The number of rotatable bonds is 0. The lowest BCUT2D eigenvalue weighted by atomic mass is 10.1. The van der Waals surface area contributed by atoms with Crippen molar-refractivity contribution < 1.29 is 64.1 Å². The highest BCUT2D eigenvalue weighted by molar-refractivity contribution is 5.25. The van der Waals surface area contributed by atoms with Crippen LogP contribution in [0.25, 0.3) is 0 Å². The molecule has 2 rings (SSSR count). The summed E-state index contributed by atoms with van der Waals surface area (Å²) >= 11 is 0. The van der Waals surface area contributed by atoms with Crippen molar-refractivity contribution in [2.75, 3.05) is 39.3 Å². The van der Waals surface area contributed by atoms with Crippen molar-refractivity contribution in [2.45, 2.75) is 13.1 Å².